The van der Waals surface area contributed by atoms with E-state index in [0.717, 1.165) is 22.7 Å². The number of nitrogens with zero attached hydrogens (tertiary/aromatic N) is 1. The molecule has 2 bridgehead atoms. The number of H-pyrrole nitrogens is 1. The van der Waals surface area contributed by atoms with Crippen LogP contribution in [-0.4, -0.2) is 9.55 Å². The van der Waals surface area contributed by atoms with E-state index in [9.17, 15) is 4.79 Å². The lowest BCUT2D eigenvalue weighted by molar-refractivity contribution is 0.237. The molecule has 0 radical (unpaired) electrons. The number of benzene rings is 1. The second-order valence-corrected chi connectivity index (χ2v) is 7.12. The summed E-state index contributed by atoms with van der Waals surface area (Å²) in [6.07, 6.45) is 5.33. The monoisotopic (exact) mass is 300 g/mol. The summed E-state index contributed by atoms with van der Waals surface area (Å²) in [7, 11) is 0. The van der Waals surface area contributed by atoms with Crippen molar-refractivity contribution in [1.29, 1.82) is 0 Å². The molecule has 0 spiro atoms. The van der Waals surface area contributed by atoms with E-state index in [0.29, 0.717) is 10.7 Å². The molecular formula is C17H20N2OS. The molecule has 4 atom stereocenters. The summed E-state index contributed by atoms with van der Waals surface area (Å²) in [6, 6.07) is 7.83. The first kappa shape index (κ1) is 13.3. The van der Waals surface area contributed by atoms with E-state index >= 15 is 0 Å². The molecule has 1 aromatic heterocycles. The van der Waals surface area contributed by atoms with Gasteiger partial charge in [-0.25, -0.2) is 0 Å². The van der Waals surface area contributed by atoms with Crippen molar-refractivity contribution in [2.24, 2.45) is 17.8 Å². The zero-order valence-electron chi connectivity index (χ0n) is 12.2. The van der Waals surface area contributed by atoms with Crippen molar-refractivity contribution >= 4 is 23.1 Å². The Balaban J connectivity index is 1.83. The summed E-state index contributed by atoms with van der Waals surface area (Å²) >= 11 is 5.47. The maximum absolute atomic E-state index is 12.8. The highest BCUT2D eigenvalue weighted by molar-refractivity contribution is 7.71. The smallest absolute Gasteiger partial charge is 0.262 e. The number of hydrogen-bond acceptors (Lipinski definition) is 2. The van der Waals surface area contributed by atoms with Gasteiger partial charge in [0.15, 0.2) is 4.77 Å². The van der Waals surface area contributed by atoms with Gasteiger partial charge in [-0.1, -0.05) is 18.6 Å². The Morgan fingerprint density at radius 2 is 2.10 bits per heavy atom. The Bertz CT molecular complexity index is 806. The predicted molar refractivity (Wildman–Crippen MR) is 87.0 cm³/mol. The number of hydrogen-bond donors (Lipinski definition) is 1. The van der Waals surface area contributed by atoms with Crippen LogP contribution in [0.25, 0.3) is 10.9 Å². The molecule has 0 aliphatic heterocycles. The Morgan fingerprint density at radius 1 is 1.29 bits per heavy atom. The third-order valence-corrected chi connectivity index (χ3v) is 5.96. The molecule has 0 unspecified atom stereocenters. The maximum Gasteiger partial charge on any atom is 0.262 e. The highest BCUT2D eigenvalue weighted by atomic mass is 32.1. The molecule has 3 nitrogen and oxygen atoms in total. The van der Waals surface area contributed by atoms with Crippen LogP contribution in [0.1, 0.15) is 38.6 Å². The fourth-order valence-electron chi connectivity index (χ4n) is 4.62. The van der Waals surface area contributed by atoms with Crippen molar-refractivity contribution in [3.8, 4) is 0 Å². The molecule has 2 aliphatic carbocycles. The molecule has 0 amide bonds. The van der Waals surface area contributed by atoms with Crippen molar-refractivity contribution in [2.45, 2.75) is 38.6 Å². The largest absolute Gasteiger partial charge is 0.332 e. The fraction of sp³-hybridized carbons (Fsp3) is 0.529. The van der Waals surface area contributed by atoms with E-state index in [1.807, 2.05) is 28.8 Å². The lowest BCUT2D eigenvalue weighted by atomic mass is 9.84. The van der Waals surface area contributed by atoms with E-state index in [2.05, 4.69) is 11.9 Å². The Kier molecular flexibility index (Phi) is 3.03. The van der Waals surface area contributed by atoms with Crippen LogP contribution >= 0.6 is 12.2 Å². The van der Waals surface area contributed by atoms with Gasteiger partial charge >= 0.3 is 0 Å². The van der Waals surface area contributed by atoms with Crippen LogP contribution in [0.15, 0.2) is 29.1 Å². The molecule has 1 N–H and O–H groups in total. The predicted octanol–water partition coefficient (Wildman–Crippen LogP) is 4.06. The molecule has 21 heavy (non-hydrogen) atoms. The van der Waals surface area contributed by atoms with Crippen molar-refractivity contribution < 1.29 is 0 Å². The topological polar surface area (TPSA) is 37.8 Å². The lowest BCUT2D eigenvalue weighted by Crippen LogP contribution is -2.31. The molecule has 2 aliphatic rings. The summed E-state index contributed by atoms with van der Waals surface area (Å²) in [5, 5.41) is 0.737. The molecule has 4 heteroatoms. The van der Waals surface area contributed by atoms with Crippen LogP contribution in [0.4, 0.5) is 0 Å². The fourth-order valence-corrected chi connectivity index (χ4v) is 4.98. The van der Waals surface area contributed by atoms with Gasteiger partial charge in [-0.15, -0.1) is 0 Å². The van der Waals surface area contributed by atoms with Gasteiger partial charge in [0.2, 0.25) is 0 Å². The van der Waals surface area contributed by atoms with Crippen LogP contribution < -0.4 is 5.56 Å². The van der Waals surface area contributed by atoms with E-state index in [1.165, 1.54) is 25.7 Å². The lowest BCUT2D eigenvalue weighted by Gasteiger charge is -2.29. The van der Waals surface area contributed by atoms with Crippen LogP contribution in [-0.2, 0) is 0 Å². The van der Waals surface area contributed by atoms with Gasteiger partial charge in [-0.2, -0.15) is 0 Å². The highest BCUT2D eigenvalue weighted by Gasteiger charge is 2.42. The van der Waals surface area contributed by atoms with Gasteiger partial charge in [0.05, 0.1) is 10.9 Å². The van der Waals surface area contributed by atoms with Gasteiger partial charge in [0.25, 0.3) is 5.56 Å². The summed E-state index contributed by atoms with van der Waals surface area (Å²) < 4.78 is 2.39. The van der Waals surface area contributed by atoms with Crippen molar-refractivity contribution in [3.63, 3.8) is 0 Å². The van der Waals surface area contributed by atoms with Gasteiger partial charge in [-0.05, 0) is 68.3 Å². The quantitative estimate of drug-likeness (QED) is 0.849. The van der Waals surface area contributed by atoms with Crippen LogP contribution in [0, 0.1) is 22.5 Å². The number of fused-ring (bicyclic) bond motifs is 3. The highest BCUT2D eigenvalue weighted by Crippen LogP contribution is 2.51. The molecule has 2 saturated carbocycles. The minimum atomic E-state index is 0.0598. The minimum Gasteiger partial charge on any atom is -0.332 e. The van der Waals surface area contributed by atoms with Crippen molar-refractivity contribution in [1.82, 2.24) is 9.55 Å². The summed E-state index contributed by atoms with van der Waals surface area (Å²) in [4.78, 5) is 16.1. The maximum atomic E-state index is 12.8. The second-order valence-electron chi connectivity index (χ2n) is 6.73. The summed E-state index contributed by atoms with van der Waals surface area (Å²) in [5.41, 5.74) is 0.897. The van der Waals surface area contributed by atoms with E-state index in [4.69, 9.17) is 12.2 Å². The molecule has 2 fully saturated rings. The number of nitrogens with one attached hydrogen (secondary N) is 1. The molecule has 1 aromatic carbocycles. The third kappa shape index (κ3) is 2.00. The number of aromatic nitrogens is 2. The summed E-state index contributed by atoms with van der Waals surface area (Å²) in [6.45, 7) is 2.17. The van der Waals surface area contributed by atoms with Gasteiger partial charge in [0, 0.05) is 6.04 Å². The Labute approximate surface area is 129 Å². The SMILES string of the molecule is C[C@@H]([C@@H]1C[C@H]2CC[C@H]1C2)n1c(=S)[nH]c2ccccc2c1=O. The minimum absolute atomic E-state index is 0.0598. The van der Waals surface area contributed by atoms with Crippen LogP contribution in [0.5, 0.6) is 0 Å². The standard InChI is InChI=1S/C17H20N2OS/c1-10(14-9-11-6-7-12(14)8-11)19-16(20)13-4-2-3-5-15(13)18-17(19)21/h2-5,10-12,14H,6-9H2,1H3,(H,18,21)/t10-,11-,12-,14-/m0/s1. The van der Waals surface area contributed by atoms with E-state index in [1.54, 1.807) is 0 Å². The van der Waals surface area contributed by atoms with Crippen LogP contribution in [0.2, 0.25) is 0 Å². The van der Waals surface area contributed by atoms with E-state index in [-0.39, 0.29) is 11.6 Å². The van der Waals surface area contributed by atoms with Gasteiger partial charge in [-0.3, -0.25) is 9.36 Å². The normalized spacial score (nSPS) is 29.1. The number of rotatable bonds is 2. The number of para-hydroxylation sites is 1. The summed E-state index contributed by atoms with van der Waals surface area (Å²) in [5.74, 6) is 2.28. The zero-order valence-corrected chi connectivity index (χ0v) is 13.0. The van der Waals surface area contributed by atoms with Crippen molar-refractivity contribution in [2.75, 3.05) is 0 Å². The van der Waals surface area contributed by atoms with Crippen LogP contribution in [0.3, 0.4) is 0 Å². The third-order valence-electron chi connectivity index (χ3n) is 5.66. The van der Waals surface area contributed by atoms with Gasteiger partial charge < -0.3 is 4.98 Å². The first-order chi connectivity index (χ1) is 10.1. The average molecular weight is 300 g/mol. The number of aromatic amines is 1. The Hall–Kier alpha value is -1.42. The van der Waals surface area contributed by atoms with E-state index < -0.39 is 0 Å². The molecule has 2 aromatic rings. The molecule has 1 heterocycles. The Morgan fingerprint density at radius 3 is 2.81 bits per heavy atom. The second kappa shape index (κ2) is 4.80. The van der Waals surface area contributed by atoms with Gasteiger partial charge in [0.1, 0.15) is 0 Å². The molecular weight excluding hydrogens is 280 g/mol. The molecule has 4 rings (SSSR count). The average Bonchev–Trinajstić information content (AvgIpc) is 3.10. The van der Waals surface area contributed by atoms with Crippen molar-refractivity contribution in [3.05, 3.63) is 39.4 Å². The first-order valence-corrected chi connectivity index (χ1v) is 8.29. The zero-order chi connectivity index (χ0) is 14.6. The first-order valence-electron chi connectivity index (χ1n) is 7.88. The molecule has 0 saturated heterocycles. The molecule has 110 valence electrons.